The Morgan fingerprint density at radius 3 is 2.41 bits per heavy atom. The Hall–Kier alpha value is -2.86. The maximum Gasteiger partial charge on any atom is 0.262 e. The number of rotatable bonds is 9. The van der Waals surface area contributed by atoms with Crippen LogP contribution >= 0.6 is 0 Å². The molecule has 0 aliphatic heterocycles. The summed E-state index contributed by atoms with van der Waals surface area (Å²) in [7, 11) is 1.57. The van der Waals surface area contributed by atoms with Gasteiger partial charge in [-0.05, 0) is 35.7 Å². The van der Waals surface area contributed by atoms with Gasteiger partial charge < -0.3 is 20.1 Å². The number of carbonyl (C=O) groups excluding carboxylic acids is 2. The van der Waals surface area contributed by atoms with E-state index in [1.165, 1.54) is 5.56 Å². The zero-order valence-electron chi connectivity index (χ0n) is 16.0. The maximum atomic E-state index is 12.2. The van der Waals surface area contributed by atoms with Gasteiger partial charge in [-0.1, -0.05) is 38.1 Å². The highest BCUT2D eigenvalue weighted by Crippen LogP contribution is 2.19. The van der Waals surface area contributed by atoms with Gasteiger partial charge in [-0.25, -0.2) is 0 Å². The molecule has 27 heavy (non-hydrogen) atoms. The van der Waals surface area contributed by atoms with E-state index in [1.54, 1.807) is 31.4 Å². The van der Waals surface area contributed by atoms with Crippen molar-refractivity contribution < 1.29 is 19.1 Å². The first-order chi connectivity index (χ1) is 13.0. The summed E-state index contributed by atoms with van der Waals surface area (Å²) in [5, 5.41) is 5.46. The number of ether oxygens (including phenoxy) is 2. The van der Waals surface area contributed by atoms with E-state index < -0.39 is 0 Å². The highest BCUT2D eigenvalue weighted by molar-refractivity contribution is 6.04. The molecule has 0 bridgehead atoms. The van der Waals surface area contributed by atoms with E-state index in [0.29, 0.717) is 36.1 Å². The van der Waals surface area contributed by atoms with Crippen LogP contribution in [0.4, 0.5) is 5.69 Å². The van der Waals surface area contributed by atoms with Gasteiger partial charge in [0.15, 0.2) is 6.61 Å². The van der Waals surface area contributed by atoms with Gasteiger partial charge in [-0.2, -0.15) is 0 Å². The summed E-state index contributed by atoms with van der Waals surface area (Å²) in [6.07, 6.45) is 0. The van der Waals surface area contributed by atoms with Crippen molar-refractivity contribution in [2.45, 2.75) is 19.8 Å². The number of benzene rings is 2. The molecular formula is C21H26N2O4. The lowest BCUT2D eigenvalue weighted by molar-refractivity contribution is -0.118. The number of anilines is 1. The standard InChI is InChI=1S/C21H26N2O4/c1-15(2)16-8-10-17(11-9-16)27-14-20(24)23-19-7-5-4-6-18(19)21(25)22-12-13-26-3/h4-11,15H,12-14H2,1-3H3,(H,22,25)(H,23,24). The molecule has 6 heteroatoms. The Morgan fingerprint density at radius 2 is 1.74 bits per heavy atom. The minimum atomic E-state index is -0.333. The van der Waals surface area contributed by atoms with Gasteiger partial charge >= 0.3 is 0 Å². The van der Waals surface area contributed by atoms with Crippen LogP contribution in [0, 0.1) is 0 Å². The molecule has 0 fully saturated rings. The third kappa shape index (κ3) is 6.42. The predicted molar refractivity (Wildman–Crippen MR) is 105 cm³/mol. The molecule has 2 amide bonds. The lowest BCUT2D eigenvalue weighted by atomic mass is 10.0. The molecule has 144 valence electrons. The Labute approximate surface area is 159 Å². The summed E-state index contributed by atoms with van der Waals surface area (Å²) in [6, 6.07) is 14.5. The van der Waals surface area contributed by atoms with Crippen molar-refractivity contribution in [2.75, 3.05) is 32.2 Å². The molecule has 0 saturated heterocycles. The fraction of sp³-hybridized carbons (Fsp3) is 0.333. The quantitative estimate of drug-likeness (QED) is 0.665. The molecular weight excluding hydrogens is 344 g/mol. The zero-order valence-corrected chi connectivity index (χ0v) is 16.0. The van der Waals surface area contributed by atoms with Gasteiger partial charge in [0, 0.05) is 13.7 Å². The number of para-hydroxylation sites is 1. The van der Waals surface area contributed by atoms with Crippen LogP contribution in [0.25, 0.3) is 0 Å². The smallest absolute Gasteiger partial charge is 0.262 e. The van der Waals surface area contributed by atoms with Crippen molar-refractivity contribution in [3.8, 4) is 5.75 Å². The average molecular weight is 370 g/mol. The summed E-state index contributed by atoms with van der Waals surface area (Å²) in [5.74, 6) is 0.460. The second-order valence-electron chi connectivity index (χ2n) is 6.35. The van der Waals surface area contributed by atoms with Gasteiger partial charge in [-0.15, -0.1) is 0 Å². The molecule has 2 rings (SSSR count). The Morgan fingerprint density at radius 1 is 1.04 bits per heavy atom. The molecule has 2 N–H and O–H groups in total. The fourth-order valence-electron chi connectivity index (χ4n) is 2.44. The zero-order chi connectivity index (χ0) is 19.6. The first-order valence-corrected chi connectivity index (χ1v) is 8.90. The van der Waals surface area contributed by atoms with Crippen LogP contribution in [0.5, 0.6) is 5.75 Å². The number of nitrogens with one attached hydrogen (secondary N) is 2. The summed E-state index contributed by atoms with van der Waals surface area (Å²) >= 11 is 0. The predicted octanol–water partition coefficient (Wildman–Crippen LogP) is 3.20. The lowest BCUT2D eigenvalue weighted by Crippen LogP contribution is -2.28. The molecule has 0 heterocycles. The van der Waals surface area contributed by atoms with E-state index in [-0.39, 0.29) is 18.4 Å². The van der Waals surface area contributed by atoms with Crippen LogP contribution in [0.15, 0.2) is 48.5 Å². The third-order valence-corrected chi connectivity index (χ3v) is 3.95. The molecule has 0 aromatic heterocycles. The molecule has 0 aliphatic carbocycles. The molecule has 0 saturated carbocycles. The van der Waals surface area contributed by atoms with Gasteiger partial charge in [-0.3, -0.25) is 9.59 Å². The van der Waals surface area contributed by atoms with Crippen LogP contribution < -0.4 is 15.4 Å². The van der Waals surface area contributed by atoms with Crippen molar-refractivity contribution >= 4 is 17.5 Å². The number of hydrogen-bond donors (Lipinski definition) is 2. The van der Waals surface area contributed by atoms with Crippen LogP contribution in [0.1, 0.15) is 35.7 Å². The van der Waals surface area contributed by atoms with Crippen LogP contribution in [0.3, 0.4) is 0 Å². The van der Waals surface area contributed by atoms with E-state index in [0.717, 1.165) is 0 Å². The number of amides is 2. The molecule has 0 radical (unpaired) electrons. The number of methoxy groups -OCH3 is 1. The maximum absolute atomic E-state index is 12.2. The highest BCUT2D eigenvalue weighted by Gasteiger charge is 2.13. The second-order valence-corrected chi connectivity index (χ2v) is 6.35. The highest BCUT2D eigenvalue weighted by atomic mass is 16.5. The normalized spacial score (nSPS) is 10.5. The SMILES string of the molecule is COCCNC(=O)c1ccccc1NC(=O)COc1ccc(C(C)C)cc1. The van der Waals surface area contributed by atoms with E-state index in [4.69, 9.17) is 9.47 Å². The van der Waals surface area contributed by atoms with Crippen molar-refractivity contribution in [2.24, 2.45) is 0 Å². The molecule has 6 nitrogen and oxygen atoms in total. The van der Waals surface area contributed by atoms with Gasteiger partial charge in [0.1, 0.15) is 5.75 Å². The molecule has 0 unspecified atom stereocenters. The Kier molecular flexibility index (Phi) is 7.82. The largest absolute Gasteiger partial charge is 0.484 e. The second kappa shape index (κ2) is 10.3. The van der Waals surface area contributed by atoms with E-state index >= 15 is 0 Å². The monoisotopic (exact) mass is 370 g/mol. The van der Waals surface area contributed by atoms with Crippen molar-refractivity contribution in [1.29, 1.82) is 0 Å². The minimum absolute atomic E-state index is 0.138. The summed E-state index contributed by atoms with van der Waals surface area (Å²) in [4.78, 5) is 24.4. The number of carbonyl (C=O) groups is 2. The molecule has 0 atom stereocenters. The van der Waals surface area contributed by atoms with E-state index in [9.17, 15) is 9.59 Å². The first kappa shape index (κ1) is 20.5. The van der Waals surface area contributed by atoms with E-state index in [2.05, 4.69) is 24.5 Å². The van der Waals surface area contributed by atoms with Crippen LogP contribution in [-0.2, 0) is 9.53 Å². The Bertz CT molecular complexity index is 757. The molecule has 0 aliphatic rings. The lowest BCUT2D eigenvalue weighted by Gasteiger charge is -2.12. The molecule has 0 spiro atoms. The van der Waals surface area contributed by atoms with Crippen LogP contribution in [0.2, 0.25) is 0 Å². The molecule has 2 aromatic carbocycles. The summed E-state index contributed by atoms with van der Waals surface area (Å²) < 4.78 is 10.4. The first-order valence-electron chi connectivity index (χ1n) is 8.90. The minimum Gasteiger partial charge on any atom is -0.484 e. The van der Waals surface area contributed by atoms with Gasteiger partial charge in [0.25, 0.3) is 11.8 Å². The molecule has 2 aromatic rings. The average Bonchev–Trinajstić information content (AvgIpc) is 2.67. The third-order valence-electron chi connectivity index (χ3n) is 3.95. The van der Waals surface area contributed by atoms with E-state index in [1.807, 2.05) is 24.3 Å². The van der Waals surface area contributed by atoms with Crippen LogP contribution in [-0.4, -0.2) is 38.7 Å². The summed E-state index contributed by atoms with van der Waals surface area (Å²) in [6.45, 7) is 4.91. The van der Waals surface area contributed by atoms with Crippen molar-refractivity contribution in [1.82, 2.24) is 5.32 Å². The van der Waals surface area contributed by atoms with Gasteiger partial charge in [0.2, 0.25) is 0 Å². The van der Waals surface area contributed by atoms with Crippen molar-refractivity contribution in [3.05, 3.63) is 59.7 Å². The fourth-order valence-corrected chi connectivity index (χ4v) is 2.44. The van der Waals surface area contributed by atoms with Gasteiger partial charge in [0.05, 0.1) is 17.9 Å². The number of hydrogen-bond acceptors (Lipinski definition) is 4. The van der Waals surface area contributed by atoms with Crippen molar-refractivity contribution in [3.63, 3.8) is 0 Å². The summed E-state index contributed by atoms with van der Waals surface area (Å²) in [5.41, 5.74) is 2.04. The topological polar surface area (TPSA) is 76.7 Å². The Balaban J connectivity index is 1.92.